The third-order valence-corrected chi connectivity index (χ3v) is 18.0. The number of imide groups is 1. The molecule has 7 bridgehead atoms. The SMILES string of the molecule is CCC1(/C=C2\OC(=O)C3=C2CC[C@H]2[C@@H]4CC[C@@]5(C6=C4[C@@H](CN4C(=O)C=CC4=O)C4=CCNC(=C4)NCSSC[C@H](C4CCCCC4)C/C=C/5OC6=O)[C@@H]32)CCCC1. The van der Waals surface area contributed by atoms with E-state index in [2.05, 4.69) is 41.9 Å². The van der Waals surface area contributed by atoms with Crippen LogP contribution in [0.1, 0.15) is 103 Å². The molecule has 57 heavy (non-hydrogen) atoms. The Morgan fingerprint density at radius 2 is 1.68 bits per heavy atom. The van der Waals surface area contributed by atoms with Gasteiger partial charge >= 0.3 is 11.9 Å². The fourth-order valence-electron chi connectivity index (χ4n) is 12.9. The Labute approximate surface area is 344 Å². The van der Waals surface area contributed by atoms with Gasteiger partial charge in [0, 0.05) is 54.0 Å². The highest BCUT2D eigenvalue weighted by molar-refractivity contribution is 8.76. The van der Waals surface area contributed by atoms with Crippen molar-refractivity contribution in [3.05, 3.63) is 81.7 Å². The fourth-order valence-corrected chi connectivity index (χ4v) is 15.2. The van der Waals surface area contributed by atoms with E-state index in [4.69, 9.17) is 9.47 Å². The number of fused-ring (bicyclic) bond motifs is 2. The standard InChI is InChI=1S/C46H55N3O6S2/c1-2-45(18-6-7-19-45)23-34-32-12-11-31-30-16-20-46(41(31)40(32)43(52)54-34)35-13-10-29(27-8-4-3-5-9-27)25-56-57-26-48-36-22-28(17-21-47-36)33(39(30)42(46)44(53)55-35)24-49-37(50)14-15-38(49)51/h13-15,17,22-23,27,29-31,33,41,47-48H,2-12,16,18-21,24-26H2,1H3/b34-23-,35-13-/t29-,30+,31+,33+,41-,46+/m1/s1. The molecule has 5 aliphatic heterocycles. The summed E-state index contributed by atoms with van der Waals surface area (Å²) in [6.07, 6.45) is 27.5. The van der Waals surface area contributed by atoms with Crippen molar-refractivity contribution in [1.29, 1.82) is 0 Å². The number of hydrogen-bond acceptors (Lipinski definition) is 10. The first kappa shape index (κ1) is 37.8. The van der Waals surface area contributed by atoms with Crippen LogP contribution in [0.4, 0.5) is 0 Å². The van der Waals surface area contributed by atoms with E-state index in [0.29, 0.717) is 24.0 Å². The number of nitrogens with one attached hydrogen (secondary N) is 2. The number of esters is 2. The zero-order valence-electron chi connectivity index (χ0n) is 33.1. The number of cyclic esters (lactones) is 1. The van der Waals surface area contributed by atoms with Crippen LogP contribution in [0.15, 0.2) is 81.7 Å². The minimum atomic E-state index is -0.818. The average Bonchev–Trinajstić information content (AvgIpc) is 3.99. The van der Waals surface area contributed by atoms with Gasteiger partial charge < -0.3 is 20.1 Å². The number of hydrogen-bond donors (Lipinski definition) is 2. The molecule has 6 aliphatic carbocycles. The quantitative estimate of drug-likeness (QED) is 0.160. The smallest absolute Gasteiger partial charge is 0.340 e. The molecular weight excluding hydrogens is 755 g/mol. The number of amides is 2. The highest BCUT2D eigenvalue weighted by Gasteiger charge is 2.69. The summed E-state index contributed by atoms with van der Waals surface area (Å²) in [7, 11) is 3.75. The predicted molar refractivity (Wildman–Crippen MR) is 221 cm³/mol. The van der Waals surface area contributed by atoms with Crippen molar-refractivity contribution in [2.75, 3.05) is 24.7 Å². The van der Waals surface area contributed by atoms with Crippen LogP contribution in [0.25, 0.3) is 0 Å². The summed E-state index contributed by atoms with van der Waals surface area (Å²) < 4.78 is 13.0. The minimum absolute atomic E-state index is 0.0161. The Balaban J connectivity index is 1.16. The first-order valence-electron chi connectivity index (χ1n) is 21.8. The molecule has 4 fully saturated rings. The maximum Gasteiger partial charge on any atom is 0.340 e. The summed E-state index contributed by atoms with van der Waals surface area (Å²) in [5.74, 6) is 3.42. The topological polar surface area (TPSA) is 114 Å². The number of ether oxygens (including phenoxy) is 2. The highest BCUT2D eigenvalue weighted by Crippen LogP contribution is 2.71. The van der Waals surface area contributed by atoms with Gasteiger partial charge in [-0.3, -0.25) is 14.5 Å². The Morgan fingerprint density at radius 1 is 0.877 bits per heavy atom. The summed E-state index contributed by atoms with van der Waals surface area (Å²) in [6, 6.07) is 0. The maximum absolute atomic E-state index is 14.9. The summed E-state index contributed by atoms with van der Waals surface area (Å²) in [5.41, 5.74) is 3.73. The predicted octanol–water partition coefficient (Wildman–Crippen LogP) is 8.31. The third-order valence-electron chi connectivity index (χ3n) is 15.7. The van der Waals surface area contributed by atoms with Gasteiger partial charge in [-0.25, -0.2) is 9.59 Å². The number of rotatable bonds is 5. The molecule has 11 rings (SSSR count). The van der Waals surface area contributed by atoms with Crippen LogP contribution in [-0.4, -0.2) is 53.4 Å². The van der Waals surface area contributed by atoms with Gasteiger partial charge in [-0.1, -0.05) is 79.5 Å². The number of carbonyl (C=O) groups is 4. The van der Waals surface area contributed by atoms with E-state index in [1.165, 1.54) is 62.0 Å². The normalized spacial score (nSPS) is 36.6. The molecule has 0 aromatic rings. The molecule has 0 unspecified atom stereocenters. The molecule has 2 N–H and O–H groups in total. The van der Waals surface area contributed by atoms with Gasteiger partial charge in [0.25, 0.3) is 11.8 Å². The van der Waals surface area contributed by atoms with Crippen LogP contribution >= 0.6 is 21.6 Å². The highest BCUT2D eigenvalue weighted by atomic mass is 33.1. The zero-order chi connectivity index (χ0) is 38.9. The van der Waals surface area contributed by atoms with Crippen molar-refractivity contribution in [3.63, 3.8) is 0 Å². The van der Waals surface area contributed by atoms with E-state index in [1.54, 1.807) is 0 Å². The summed E-state index contributed by atoms with van der Waals surface area (Å²) in [6.45, 7) is 2.98. The molecule has 11 aliphatic rings. The van der Waals surface area contributed by atoms with Gasteiger partial charge in [-0.05, 0) is 110 Å². The van der Waals surface area contributed by atoms with Gasteiger partial charge in [0.1, 0.15) is 11.5 Å². The Hall–Kier alpha value is -3.44. The first-order chi connectivity index (χ1) is 27.8. The molecule has 0 aromatic heterocycles. The lowest BCUT2D eigenvalue weighted by molar-refractivity contribution is -0.138. The van der Waals surface area contributed by atoms with Crippen molar-refractivity contribution in [2.45, 2.75) is 103 Å². The second-order valence-corrected chi connectivity index (χ2v) is 20.7. The molecule has 3 saturated carbocycles. The van der Waals surface area contributed by atoms with Crippen molar-refractivity contribution in [1.82, 2.24) is 15.5 Å². The van der Waals surface area contributed by atoms with Crippen LogP contribution in [0.5, 0.6) is 0 Å². The van der Waals surface area contributed by atoms with E-state index in [9.17, 15) is 19.2 Å². The van der Waals surface area contributed by atoms with Gasteiger partial charge in [-0.2, -0.15) is 0 Å². The molecule has 2 amide bonds. The largest absolute Gasteiger partial charge is 0.427 e. The van der Waals surface area contributed by atoms with E-state index < -0.39 is 11.3 Å². The lowest BCUT2D eigenvalue weighted by Gasteiger charge is -2.57. The van der Waals surface area contributed by atoms with E-state index in [-0.39, 0.29) is 53.5 Å². The van der Waals surface area contributed by atoms with Crippen LogP contribution < -0.4 is 10.6 Å². The molecule has 1 saturated heterocycles. The molecule has 1 spiro atoms. The van der Waals surface area contributed by atoms with E-state index >= 15 is 0 Å². The Kier molecular flexibility index (Phi) is 9.94. The second-order valence-electron chi connectivity index (χ2n) is 18.2. The van der Waals surface area contributed by atoms with Crippen LogP contribution in [0.3, 0.4) is 0 Å². The number of allylic oxidation sites excluding steroid dienone is 5. The molecule has 0 radical (unpaired) electrons. The molecule has 5 heterocycles. The second kappa shape index (κ2) is 15.0. The maximum atomic E-state index is 14.9. The number of nitrogens with zero attached hydrogens (tertiary/aromatic N) is 1. The summed E-state index contributed by atoms with van der Waals surface area (Å²) >= 11 is 0. The molecule has 9 nitrogen and oxygen atoms in total. The molecular formula is C46H55N3O6S2. The van der Waals surface area contributed by atoms with Crippen molar-refractivity contribution in [2.24, 2.45) is 46.3 Å². The summed E-state index contributed by atoms with van der Waals surface area (Å²) in [5, 5.41) is 7.11. The molecule has 11 heteroatoms. The van der Waals surface area contributed by atoms with Gasteiger partial charge in [0.2, 0.25) is 0 Å². The average molecular weight is 810 g/mol. The van der Waals surface area contributed by atoms with Crippen molar-refractivity contribution in [3.8, 4) is 0 Å². The molecule has 0 aromatic carbocycles. The van der Waals surface area contributed by atoms with E-state index in [1.807, 2.05) is 21.6 Å². The van der Waals surface area contributed by atoms with Crippen molar-refractivity contribution < 1.29 is 28.7 Å². The van der Waals surface area contributed by atoms with Crippen LogP contribution in [0.2, 0.25) is 0 Å². The molecule has 6 atom stereocenters. The Bertz CT molecular complexity index is 1980. The minimum Gasteiger partial charge on any atom is -0.427 e. The lowest BCUT2D eigenvalue weighted by atomic mass is 9.43. The summed E-state index contributed by atoms with van der Waals surface area (Å²) in [4.78, 5) is 57.2. The van der Waals surface area contributed by atoms with E-state index in [0.717, 1.165) is 103 Å². The number of dihydropyridines is 1. The van der Waals surface area contributed by atoms with Gasteiger partial charge in [0.05, 0.1) is 22.7 Å². The van der Waals surface area contributed by atoms with Gasteiger partial charge in [0.15, 0.2) is 0 Å². The fraction of sp³-hybridized carbons (Fsp3) is 0.609. The Morgan fingerprint density at radius 3 is 2.47 bits per heavy atom. The van der Waals surface area contributed by atoms with Crippen LogP contribution in [-0.2, 0) is 28.7 Å². The monoisotopic (exact) mass is 809 g/mol. The zero-order valence-corrected chi connectivity index (χ0v) is 34.7. The first-order valence-corrected chi connectivity index (χ1v) is 24.3. The third kappa shape index (κ3) is 6.26. The van der Waals surface area contributed by atoms with Crippen LogP contribution in [0, 0.1) is 46.3 Å². The van der Waals surface area contributed by atoms with Gasteiger partial charge in [-0.15, -0.1) is 0 Å². The van der Waals surface area contributed by atoms with Crippen molar-refractivity contribution >= 4 is 45.3 Å². The molecule has 302 valence electrons. The lowest BCUT2D eigenvalue weighted by Crippen LogP contribution is -2.54. The number of carbonyl (C=O) groups excluding carboxylic acids is 4.